The van der Waals surface area contributed by atoms with E-state index in [1.165, 1.54) is 7.11 Å². The molecule has 1 aliphatic heterocycles. The minimum Gasteiger partial charge on any atom is -0.492 e. The molecule has 0 bridgehead atoms. The number of ether oxygens (including phenoxy) is 3. The van der Waals surface area contributed by atoms with Gasteiger partial charge in [-0.05, 0) is 6.08 Å². The van der Waals surface area contributed by atoms with Crippen molar-refractivity contribution in [2.75, 3.05) is 20.3 Å². The molecule has 98 valence electrons. The lowest BCUT2D eigenvalue weighted by Gasteiger charge is -2.17. The van der Waals surface area contributed by atoms with Gasteiger partial charge in [0.05, 0.1) is 33.2 Å². The van der Waals surface area contributed by atoms with Crippen LogP contribution in [-0.2, 0) is 23.8 Å². The average Bonchev–Trinajstić information content (AvgIpc) is 2.85. The van der Waals surface area contributed by atoms with E-state index in [1.54, 1.807) is 12.2 Å². The van der Waals surface area contributed by atoms with Gasteiger partial charge in [-0.15, -0.1) is 0 Å². The Morgan fingerprint density at radius 2 is 2.33 bits per heavy atom. The molecule has 2 aliphatic rings. The summed E-state index contributed by atoms with van der Waals surface area (Å²) in [6, 6.07) is 0. The van der Waals surface area contributed by atoms with Crippen LogP contribution in [0.15, 0.2) is 23.5 Å². The first-order valence-corrected chi connectivity index (χ1v) is 5.93. The number of hydrogen-bond donors (Lipinski definition) is 0. The van der Waals surface area contributed by atoms with E-state index < -0.39 is 5.97 Å². The molecule has 1 atom stereocenters. The number of rotatable bonds is 4. The minimum atomic E-state index is -0.406. The summed E-state index contributed by atoms with van der Waals surface area (Å²) in [5.74, 6) is 0.150. The molecule has 0 aromatic carbocycles. The quantitative estimate of drug-likeness (QED) is 0.702. The smallest absolute Gasteiger partial charge is 0.310 e. The van der Waals surface area contributed by atoms with Crippen LogP contribution in [0.3, 0.4) is 0 Å². The Balaban J connectivity index is 1.95. The molecule has 1 saturated heterocycles. The van der Waals surface area contributed by atoms with Crippen molar-refractivity contribution in [2.24, 2.45) is 0 Å². The highest BCUT2D eigenvalue weighted by molar-refractivity contribution is 6.01. The second-order valence-corrected chi connectivity index (χ2v) is 4.28. The molecular formula is C13H16O5. The topological polar surface area (TPSA) is 61.8 Å². The normalized spacial score (nSPS) is 23.4. The highest BCUT2D eigenvalue weighted by Crippen LogP contribution is 2.22. The fourth-order valence-electron chi connectivity index (χ4n) is 1.90. The number of Topliss-reactive ketones (excluding diaryl/α,β-unsaturated/α-hetero) is 1. The van der Waals surface area contributed by atoms with Crippen molar-refractivity contribution in [2.45, 2.75) is 25.4 Å². The lowest BCUT2D eigenvalue weighted by atomic mass is 9.99. The lowest BCUT2D eigenvalue weighted by molar-refractivity contribution is -0.140. The minimum absolute atomic E-state index is 0.0195. The van der Waals surface area contributed by atoms with Crippen LogP contribution >= 0.6 is 0 Å². The molecule has 1 heterocycles. The Bertz CT molecular complexity index is 402. The number of esters is 1. The van der Waals surface area contributed by atoms with Crippen LogP contribution in [0.25, 0.3) is 0 Å². The first-order valence-electron chi connectivity index (χ1n) is 5.93. The third-order valence-electron chi connectivity index (χ3n) is 2.93. The first kappa shape index (κ1) is 12.8. The van der Waals surface area contributed by atoms with E-state index in [0.717, 1.165) is 6.42 Å². The van der Waals surface area contributed by atoms with E-state index in [-0.39, 0.29) is 24.7 Å². The maximum absolute atomic E-state index is 11.8. The van der Waals surface area contributed by atoms with Gasteiger partial charge in [0.15, 0.2) is 5.78 Å². The molecule has 2 rings (SSSR count). The summed E-state index contributed by atoms with van der Waals surface area (Å²) in [5, 5.41) is 0. The highest BCUT2D eigenvalue weighted by Gasteiger charge is 2.23. The molecule has 0 saturated carbocycles. The van der Waals surface area contributed by atoms with Crippen molar-refractivity contribution in [3.05, 3.63) is 23.5 Å². The Morgan fingerprint density at radius 3 is 2.94 bits per heavy atom. The van der Waals surface area contributed by atoms with E-state index in [0.29, 0.717) is 24.5 Å². The second kappa shape index (κ2) is 5.82. The SMILES string of the molecule is COC(=O)CC1=CC=C(O[C@@H]2CCOC2)CC1=O. The van der Waals surface area contributed by atoms with E-state index in [2.05, 4.69) is 4.74 Å². The Hall–Kier alpha value is -1.62. The number of allylic oxidation sites excluding steroid dienone is 3. The summed E-state index contributed by atoms with van der Waals surface area (Å²) in [5.41, 5.74) is 0.469. The fourth-order valence-corrected chi connectivity index (χ4v) is 1.90. The van der Waals surface area contributed by atoms with E-state index >= 15 is 0 Å². The monoisotopic (exact) mass is 252 g/mol. The van der Waals surface area contributed by atoms with Crippen molar-refractivity contribution in [1.82, 2.24) is 0 Å². The molecule has 0 aromatic rings. The highest BCUT2D eigenvalue weighted by atomic mass is 16.5. The summed E-state index contributed by atoms with van der Waals surface area (Å²) in [6.45, 7) is 1.28. The van der Waals surface area contributed by atoms with Gasteiger partial charge in [0.1, 0.15) is 11.9 Å². The molecule has 18 heavy (non-hydrogen) atoms. The van der Waals surface area contributed by atoms with Gasteiger partial charge in [0.25, 0.3) is 0 Å². The van der Waals surface area contributed by atoms with Crippen LogP contribution in [0.1, 0.15) is 19.3 Å². The van der Waals surface area contributed by atoms with Crippen LogP contribution < -0.4 is 0 Å². The Morgan fingerprint density at radius 1 is 1.50 bits per heavy atom. The van der Waals surface area contributed by atoms with Crippen molar-refractivity contribution in [3.63, 3.8) is 0 Å². The zero-order chi connectivity index (χ0) is 13.0. The molecule has 0 radical (unpaired) electrons. The number of carbonyl (C=O) groups excluding carboxylic acids is 2. The third-order valence-corrected chi connectivity index (χ3v) is 2.93. The lowest BCUT2D eigenvalue weighted by Crippen LogP contribution is -2.18. The van der Waals surface area contributed by atoms with Gasteiger partial charge in [-0.25, -0.2) is 0 Å². The summed E-state index contributed by atoms with van der Waals surface area (Å²) in [6.07, 6.45) is 4.50. The molecule has 0 N–H and O–H groups in total. The number of hydrogen-bond acceptors (Lipinski definition) is 5. The maximum Gasteiger partial charge on any atom is 0.310 e. The summed E-state index contributed by atoms with van der Waals surface area (Å²) >= 11 is 0. The van der Waals surface area contributed by atoms with Crippen LogP contribution in [-0.4, -0.2) is 38.2 Å². The van der Waals surface area contributed by atoms with E-state index in [1.807, 2.05) is 0 Å². The van der Waals surface area contributed by atoms with Gasteiger partial charge in [-0.3, -0.25) is 9.59 Å². The molecular weight excluding hydrogens is 236 g/mol. The Kier molecular flexibility index (Phi) is 4.15. The van der Waals surface area contributed by atoms with Crippen LogP contribution in [0.5, 0.6) is 0 Å². The standard InChI is InChI=1S/C13H16O5/c1-16-13(15)6-9-2-3-10(7-12(9)14)18-11-4-5-17-8-11/h2-3,11H,4-8H2,1H3/t11-/m1/s1. The van der Waals surface area contributed by atoms with E-state index in [9.17, 15) is 9.59 Å². The van der Waals surface area contributed by atoms with Gasteiger partial charge in [-0.2, -0.15) is 0 Å². The zero-order valence-corrected chi connectivity index (χ0v) is 10.3. The van der Waals surface area contributed by atoms with Gasteiger partial charge in [0.2, 0.25) is 0 Å². The largest absolute Gasteiger partial charge is 0.492 e. The van der Waals surface area contributed by atoms with Gasteiger partial charge in [-0.1, -0.05) is 6.08 Å². The molecule has 5 nitrogen and oxygen atoms in total. The molecule has 0 spiro atoms. The Labute approximate surface area is 105 Å². The first-order chi connectivity index (χ1) is 8.69. The molecule has 0 aromatic heterocycles. The maximum atomic E-state index is 11.8. The predicted octanol–water partition coefficient (Wildman–Crippen LogP) is 1.14. The number of methoxy groups -OCH3 is 1. The van der Waals surface area contributed by atoms with Crippen molar-refractivity contribution in [3.8, 4) is 0 Å². The molecule has 5 heteroatoms. The molecule has 1 fully saturated rings. The third kappa shape index (κ3) is 3.20. The molecule has 1 aliphatic carbocycles. The predicted molar refractivity (Wildman–Crippen MR) is 62.7 cm³/mol. The van der Waals surface area contributed by atoms with Gasteiger partial charge in [0, 0.05) is 12.0 Å². The van der Waals surface area contributed by atoms with Gasteiger partial charge < -0.3 is 14.2 Å². The van der Waals surface area contributed by atoms with Crippen molar-refractivity contribution in [1.29, 1.82) is 0 Å². The molecule has 0 amide bonds. The summed E-state index contributed by atoms with van der Waals surface area (Å²) in [7, 11) is 1.31. The number of ketones is 1. The summed E-state index contributed by atoms with van der Waals surface area (Å²) in [4.78, 5) is 22.9. The number of carbonyl (C=O) groups is 2. The van der Waals surface area contributed by atoms with Crippen LogP contribution in [0.4, 0.5) is 0 Å². The molecule has 0 unspecified atom stereocenters. The summed E-state index contributed by atoms with van der Waals surface area (Å²) < 4.78 is 15.4. The van der Waals surface area contributed by atoms with Crippen LogP contribution in [0.2, 0.25) is 0 Å². The zero-order valence-electron chi connectivity index (χ0n) is 10.3. The van der Waals surface area contributed by atoms with Crippen LogP contribution in [0, 0.1) is 0 Å². The second-order valence-electron chi connectivity index (χ2n) is 4.28. The van der Waals surface area contributed by atoms with Gasteiger partial charge >= 0.3 is 5.97 Å². The average molecular weight is 252 g/mol. The van der Waals surface area contributed by atoms with Crippen molar-refractivity contribution >= 4 is 11.8 Å². The van der Waals surface area contributed by atoms with Crippen molar-refractivity contribution < 1.29 is 23.8 Å². The fraction of sp³-hybridized carbons (Fsp3) is 0.538. The van der Waals surface area contributed by atoms with E-state index in [4.69, 9.17) is 9.47 Å².